The van der Waals surface area contributed by atoms with E-state index >= 15 is 0 Å². The van der Waals surface area contributed by atoms with Crippen molar-refractivity contribution in [1.29, 1.82) is 0 Å². The summed E-state index contributed by atoms with van der Waals surface area (Å²) in [6.07, 6.45) is 1.78. The van der Waals surface area contributed by atoms with Crippen molar-refractivity contribution in [3.8, 4) is 5.69 Å². The lowest BCUT2D eigenvalue weighted by molar-refractivity contribution is 0.102. The number of rotatable bonds is 4. The van der Waals surface area contributed by atoms with Crippen LogP contribution in [-0.4, -0.2) is 29.7 Å². The number of carbonyl (C=O) groups is 1. The number of para-hydroxylation sites is 2. The van der Waals surface area contributed by atoms with E-state index in [1.54, 1.807) is 48.8 Å². The number of nitrogens with one attached hydrogen (secondary N) is 2. The normalized spacial score (nSPS) is 13.7. The Balaban J connectivity index is 1.15. The number of benzene rings is 4. The van der Waals surface area contributed by atoms with Crippen LogP contribution in [0.15, 0.2) is 113 Å². The Morgan fingerprint density at radius 1 is 0.778 bits per heavy atom. The molecule has 0 radical (unpaired) electrons. The first-order chi connectivity index (χ1) is 17.5. The second-order valence-electron chi connectivity index (χ2n) is 8.22. The maximum Gasteiger partial charge on any atom is 0.285 e. The lowest BCUT2D eigenvalue weighted by atomic mass is 10.1. The van der Waals surface area contributed by atoms with Crippen LogP contribution in [0.2, 0.25) is 0 Å². The molecule has 4 aromatic carbocycles. The number of amidine groups is 1. The number of hydrogen-bond donors (Lipinski definition) is 2. The van der Waals surface area contributed by atoms with Crippen LogP contribution in [0.25, 0.3) is 16.7 Å². The summed E-state index contributed by atoms with van der Waals surface area (Å²) in [4.78, 5) is 17.3. The SMILES string of the molecule is O=C(Nc1ccc(-n2cnc3ccccc32)cc1)c1ccc(NC2=NS(=O)(=O)c3ccccc32)cc1. The van der Waals surface area contributed by atoms with Gasteiger partial charge in [0.25, 0.3) is 15.9 Å². The zero-order valence-electron chi connectivity index (χ0n) is 18.8. The molecule has 36 heavy (non-hydrogen) atoms. The highest BCUT2D eigenvalue weighted by Crippen LogP contribution is 2.27. The van der Waals surface area contributed by atoms with Gasteiger partial charge in [0.05, 0.1) is 11.0 Å². The Labute approximate surface area is 207 Å². The maximum atomic E-state index is 12.8. The summed E-state index contributed by atoms with van der Waals surface area (Å²) in [5, 5.41) is 5.93. The molecule has 2 heterocycles. The van der Waals surface area contributed by atoms with E-state index in [-0.39, 0.29) is 16.6 Å². The number of nitrogens with zero attached hydrogens (tertiary/aromatic N) is 3. The number of hydrogen-bond acceptors (Lipinski definition) is 5. The number of carbonyl (C=O) groups excluding carboxylic acids is 1. The molecule has 0 fully saturated rings. The number of amides is 1. The van der Waals surface area contributed by atoms with Crippen LogP contribution >= 0.6 is 0 Å². The monoisotopic (exact) mass is 493 g/mol. The first-order valence-corrected chi connectivity index (χ1v) is 12.6. The van der Waals surface area contributed by atoms with Gasteiger partial charge in [0.2, 0.25) is 0 Å². The van der Waals surface area contributed by atoms with Crippen molar-refractivity contribution in [3.63, 3.8) is 0 Å². The standard InChI is InChI=1S/C27H19N5O3S/c33-27(30-20-13-15-21(16-14-20)32-17-28-23-6-2-3-7-24(23)32)18-9-11-19(12-10-18)29-26-22-5-1-4-8-25(22)36(34,35)31-26/h1-17H,(H,29,31)(H,30,33). The summed E-state index contributed by atoms with van der Waals surface area (Å²) in [6.45, 7) is 0. The van der Waals surface area contributed by atoms with Crippen molar-refractivity contribution >= 4 is 44.2 Å². The van der Waals surface area contributed by atoms with E-state index in [2.05, 4.69) is 20.0 Å². The van der Waals surface area contributed by atoms with E-state index < -0.39 is 10.0 Å². The average Bonchev–Trinajstić information content (AvgIpc) is 3.44. The molecule has 1 amide bonds. The number of fused-ring (bicyclic) bond motifs is 2. The van der Waals surface area contributed by atoms with Gasteiger partial charge in [0.15, 0.2) is 5.84 Å². The van der Waals surface area contributed by atoms with Gasteiger partial charge in [-0.25, -0.2) is 4.98 Å². The van der Waals surface area contributed by atoms with E-state index in [9.17, 15) is 13.2 Å². The van der Waals surface area contributed by atoms with Crippen LogP contribution < -0.4 is 10.6 Å². The molecule has 176 valence electrons. The molecule has 1 aliphatic heterocycles. The van der Waals surface area contributed by atoms with Crippen LogP contribution in [-0.2, 0) is 10.0 Å². The van der Waals surface area contributed by atoms with Gasteiger partial charge in [-0.3, -0.25) is 9.36 Å². The topological polar surface area (TPSA) is 105 Å². The first-order valence-electron chi connectivity index (χ1n) is 11.1. The van der Waals surface area contributed by atoms with Crippen molar-refractivity contribution in [2.24, 2.45) is 4.40 Å². The Bertz CT molecular complexity index is 1760. The van der Waals surface area contributed by atoms with E-state index in [0.717, 1.165) is 16.7 Å². The van der Waals surface area contributed by atoms with Gasteiger partial charge in [-0.2, -0.15) is 8.42 Å². The van der Waals surface area contributed by atoms with Gasteiger partial charge in [0, 0.05) is 28.2 Å². The Morgan fingerprint density at radius 2 is 1.47 bits per heavy atom. The largest absolute Gasteiger partial charge is 0.339 e. The smallest absolute Gasteiger partial charge is 0.285 e. The summed E-state index contributed by atoms with van der Waals surface area (Å²) in [5.41, 5.74) is 5.13. The molecule has 0 saturated carbocycles. The van der Waals surface area contributed by atoms with Gasteiger partial charge >= 0.3 is 0 Å². The number of aromatic nitrogens is 2. The summed E-state index contributed by atoms with van der Waals surface area (Å²) in [7, 11) is -3.70. The summed E-state index contributed by atoms with van der Waals surface area (Å²) < 4.78 is 30.3. The molecule has 0 unspecified atom stereocenters. The maximum absolute atomic E-state index is 12.8. The Morgan fingerprint density at radius 3 is 2.28 bits per heavy atom. The molecule has 0 atom stereocenters. The van der Waals surface area contributed by atoms with Gasteiger partial charge < -0.3 is 10.6 Å². The second kappa shape index (κ2) is 8.47. The van der Waals surface area contributed by atoms with Gasteiger partial charge in [-0.1, -0.05) is 24.3 Å². The fourth-order valence-corrected chi connectivity index (χ4v) is 5.29. The molecule has 0 bridgehead atoms. The highest BCUT2D eigenvalue weighted by Gasteiger charge is 2.28. The molecule has 1 aliphatic rings. The van der Waals surface area contributed by atoms with Crippen molar-refractivity contribution in [1.82, 2.24) is 9.55 Å². The lowest BCUT2D eigenvalue weighted by Crippen LogP contribution is -2.13. The Hall–Kier alpha value is -4.76. The van der Waals surface area contributed by atoms with Crippen molar-refractivity contribution < 1.29 is 13.2 Å². The van der Waals surface area contributed by atoms with Crippen LogP contribution in [0.4, 0.5) is 11.4 Å². The third kappa shape index (κ3) is 3.91. The predicted octanol–water partition coefficient (Wildman–Crippen LogP) is 4.84. The van der Waals surface area contributed by atoms with E-state index in [1.807, 2.05) is 53.1 Å². The van der Waals surface area contributed by atoms with E-state index in [0.29, 0.717) is 22.5 Å². The van der Waals surface area contributed by atoms with Crippen LogP contribution in [0, 0.1) is 0 Å². The molecule has 2 N–H and O–H groups in total. The zero-order valence-corrected chi connectivity index (χ0v) is 19.6. The molecule has 1 aromatic heterocycles. The molecule has 6 rings (SSSR count). The average molecular weight is 494 g/mol. The summed E-state index contributed by atoms with van der Waals surface area (Å²) >= 11 is 0. The van der Waals surface area contributed by atoms with Crippen LogP contribution in [0.5, 0.6) is 0 Å². The quantitative estimate of drug-likeness (QED) is 0.373. The van der Waals surface area contributed by atoms with Gasteiger partial charge in [-0.15, -0.1) is 4.40 Å². The van der Waals surface area contributed by atoms with E-state index in [1.165, 1.54) is 6.07 Å². The minimum Gasteiger partial charge on any atom is -0.339 e. The van der Waals surface area contributed by atoms with E-state index in [4.69, 9.17) is 0 Å². The van der Waals surface area contributed by atoms with Crippen molar-refractivity contribution in [2.45, 2.75) is 4.90 Å². The third-order valence-corrected chi connectivity index (χ3v) is 7.23. The third-order valence-electron chi connectivity index (χ3n) is 5.90. The molecular weight excluding hydrogens is 474 g/mol. The number of anilines is 2. The highest BCUT2D eigenvalue weighted by atomic mass is 32.2. The fourth-order valence-electron chi connectivity index (χ4n) is 4.11. The first kappa shape index (κ1) is 21.8. The van der Waals surface area contributed by atoms with Gasteiger partial charge in [-0.05, 0) is 72.8 Å². The van der Waals surface area contributed by atoms with Crippen LogP contribution in [0.1, 0.15) is 15.9 Å². The molecule has 5 aromatic rings. The minimum atomic E-state index is -3.70. The highest BCUT2D eigenvalue weighted by molar-refractivity contribution is 7.90. The Kier molecular flexibility index (Phi) is 5.12. The molecule has 0 spiro atoms. The molecule has 8 nitrogen and oxygen atoms in total. The number of sulfonamides is 1. The van der Waals surface area contributed by atoms with Crippen molar-refractivity contribution in [2.75, 3.05) is 10.6 Å². The molecule has 9 heteroatoms. The van der Waals surface area contributed by atoms with Crippen LogP contribution in [0.3, 0.4) is 0 Å². The predicted molar refractivity (Wildman–Crippen MR) is 139 cm³/mol. The second-order valence-corrected chi connectivity index (χ2v) is 9.79. The molecule has 0 saturated heterocycles. The minimum absolute atomic E-state index is 0.177. The van der Waals surface area contributed by atoms with Gasteiger partial charge in [0.1, 0.15) is 11.2 Å². The molecule has 0 aliphatic carbocycles. The zero-order chi connectivity index (χ0) is 24.7. The fraction of sp³-hybridized carbons (Fsp3) is 0. The summed E-state index contributed by atoms with van der Waals surface area (Å²) in [5.74, 6) is 0.00192. The summed E-state index contributed by atoms with van der Waals surface area (Å²) in [6, 6.07) is 28.8. The van der Waals surface area contributed by atoms with Crippen molar-refractivity contribution in [3.05, 3.63) is 115 Å². The lowest BCUT2D eigenvalue weighted by Gasteiger charge is -2.09. The number of imidazole rings is 1. The molecular formula is C27H19N5O3S.